The molecule has 2 atom stereocenters. The van der Waals surface area contributed by atoms with Crippen molar-refractivity contribution in [3.63, 3.8) is 0 Å². The van der Waals surface area contributed by atoms with Crippen LogP contribution >= 0.6 is 11.6 Å². The molecule has 1 aromatic rings. The van der Waals surface area contributed by atoms with Crippen LogP contribution in [-0.4, -0.2) is 30.9 Å². The van der Waals surface area contributed by atoms with Gasteiger partial charge in [-0.25, -0.2) is 0 Å². The van der Waals surface area contributed by atoms with Gasteiger partial charge in [0.1, 0.15) is 0 Å². The minimum absolute atomic E-state index is 0.00965. The van der Waals surface area contributed by atoms with Crippen molar-refractivity contribution >= 4 is 29.1 Å². The lowest BCUT2D eigenvalue weighted by Gasteiger charge is -2.26. The zero-order chi connectivity index (χ0) is 15.2. The van der Waals surface area contributed by atoms with Crippen LogP contribution in [0.3, 0.4) is 0 Å². The largest absolute Gasteiger partial charge is 0.347 e. The third-order valence-corrected chi connectivity index (χ3v) is 3.80. The van der Waals surface area contributed by atoms with E-state index in [1.165, 1.54) is 0 Å². The highest BCUT2D eigenvalue weighted by Crippen LogP contribution is 2.16. The fourth-order valence-corrected chi connectivity index (χ4v) is 2.55. The second kappa shape index (κ2) is 7.43. The summed E-state index contributed by atoms with van der Waals surface area (Å²) < 4.78 is 0. The molecule has 21 heavy (non-hydrogen) atoms. The van der Waals surface area contributed by atoms with Gasteiger partial charge in [0.15, 0.2) is 0 Å². The van der Waals surface area contributed by atoms with Crippen LogP contribution < -0.4 is 16.0 Å². The van der Waals surface area contributed by atoms with Crippen LogP contribution in [0.25, 0.3) is 0 Å². The Hall–Kier alpha value is -1.59. The first-order valence-corrected chi connectivity index (χ1v) is 7.49. The van der Waals surface area contributed by atoms with Crippen molar-refractivity contribution in [2.75, 3.05) is 18.4 Å². The predicted octanol–water partition coefficient (Wildman–Crippen LogP) is 1.78. The van der Waals surface area contributed by atoms with Gasteiger partial charge in [-0.05, 0) is 50.6 Å². The van der Waals surface area contributed by atoms with Crippen LogP contribution in [0.1, 0.15) is 19.8 Å². The number of rotatable bonds is 4. The smallest absolute Gasteiger partial charge is 0.243 e. The molecule has 1 fully saturated rings. The van der Waals surface area contributed by atoms with E-state index in [4.69, 9.17) is 11.6 Å². The molecular formula is C15H20ClN3O2. The molecule has 1 saturated heterocycles. The van der Waals surface area contributed by atoms with Gasteiger partial charge in [-0.1, -0.05) is 11.6 Å². The van der Waals surface area contributed by atoms with Crippen molar-refractivity contribution in [2.45, 2.75) is 25.8 Å². The summed E-state index contributed by atoms with van der Waals surface area (Å²) in [7, 11) is 0. The Bertz CT molecular complexity index is 504. The maximum atomic E-state index is 12.0. The molecule has 2 rings (SSSR count). The number of carbonyl (C=O) groups excluding carboxylic acids is 2. The molecule has 0 saturated carbocycles. The number of amides is 2. The monoisotopic (exact) mass is 309 g/mol. The number of piperidine rings is 1. The van der Waals surface area contributed by atoms with Gasteiger partial charge in [-0.3, -0.25) is 9.59 Å². The Balaban J connectivity index is 1.75. The summed E-state index contributed by atoms with van der Waals surface area (Å²) in [6.45, 7) is 2.89. The van der Waals surface area contributed by atoms with Crippen LogP contribution in [0, 0.1) is 5.92 Å². The molecule has 0 aromatic heterocycles. The number of carbonyl (C=O) groups is 2. The highest BCUT2D eigenvalue weighted by molar-refractivity contribution is 6.30. The summed E-state index contributed by atoms with van der Waals surface area (Å²) in [5.74, 6) is -0.299. The van der Waals surface area contributed by atoms with Gasteiger partial charge in [-0.15, -0.1) is 0 Å². The van der Waals surface area contributed by atoms with Gasteiger partial charge in [0, 0.05) is 22.7 Å². The summed E-state index contributed by atoms with van der Waals surface area (Å²) in [5.41, 5.74) is 0.661. The molecule has 1 aromatic carbocycles. The Kier molecular flexibility index (Phi) is 5.59. The number of nitrogens with one attached hydrogen (secondary N) is 3. The molecule has 0 radical (unpaired) electrons. The Morgan fingerprint density at radius 2 is 2.05 bits per heavy atom. The van der Waals surface area contributed by atoms with Gasteiger partial charge < -0.3 is 16.0 Å². The zero-order valence-corrected chi connectivity index (χ0v) is 12.7. The first kappa shape index (κ1) is 15.8. The van der Waals surface area contributed by atoms with E-state index in [1.807, 2.05) is 0 Å². The highest BCUT2D eigenvalue weighted by atomic mass is 35.5. The molecule has 1 heterocycles. The van der Waals surface area contributed by atoms with Crippen molar-refractivity contribution < 1.29 is 9.59 Å². The van der Waals surface area contributed by atoms with Gasteiger partial charge in [0.05, 0.1) is 6.54 Å². The Labute approximate surface area is 129 Å². The average molecular weight is 310 g/mol. The first-order chi connectivity index (χ1) is 10.0. The number of benzene rings is 1. The number of halogens is 1. The average Bonchev–Trinajstić information content (AvgIpc) is 2.47. The quantitative estimate of drug-likeness (QED) is 0.794. The van der Waals surface area contributed by atoms with Gasteiger partial charge in [0.2, 0.25) is 11.8 Å². The molecule has 0 bridgehead atoms. The second-order valence-corrected chi connectivity index (χ2v) is 5.79. The summed E-state index contributed by atoms with van der Waals surface area (Å²) in [6.07, 6.45) is 1.62. The predicted molar refractivity (Wildman–Crippen MR) is 83.3 cm³/mol. The Morgan fingerprint density at radius 3 is 2.71 bits per heavy atom. The van der Waals surface area contributed by atoms with Crippen LogP contribution in [0.5, 0.6) is 0 Å². The lowest BCUT2D eigenvalue weighted by molar-refractivity contribution is -0.128. The maximum absolute atomic E-state index is 12.0. The van der Waals surface area contributed by atoms with Gasteiger partial charge in [-0.2, -0.15) is 0 Å². The zero-order valence-electron chi connectivity index (χ0n) is 12.0. The molecule has 2 amide bonds. The van der Waals surface area contributed by atoms with E-state index < -0.39 is 0 Å². The van der Waals surface area contributed by atoms with E-state index in [9.17, 15) is 9.59 Å². The van der Waals surface area contributed by atoms with E-state index >= 15 is 0 Å². The van der Waals surface area contributed by atoms with Gasteiger partial charge in [0.25, 0.3) is 0 Å². The molecule has 3 N–H and O–H groups in total. The summed E-state index contributed by atoms with van der Waals surface area (Å²) in [6, 6.07) is 7.18. The summed E-state index contributed by atoms with van der Waals surface area (Å²) in [5, 5.41) is 9.32. The van der Waals surface area contributed by atoms with Crippen molar-refractivity contribution in [1.82, 2.24) is 10.6 Å². The topological polar surface area (TPSA) is 70.2 Å². The van der Waals surface area contributed by atoms with Crippen LogP contribution in [-0.2, 0) is 9.59 Å². The number of hydrogen-bond donors (Lipinski definition) is 3. The lowest BCUT2D eigenvalue weighted by atomic mass is 9.92. The SMILES string of the molecule is C[C@H]1C[C@@H](C(=O)NCC(=O)Nc2ccc(Cl)cc2)CCN1. The van der Waals surface area contributed by atoms with Crippen molar-refractivity contribution in [3.05, 3.63) is 29.3 Å². The van der Waals surface area contributed by atoms with Crippen molar-refractivity contribution in [2.24, 2.45) is 5.92 Å². The fraction of sp³-hybridized carbons (Fsp3) is 0.467. The normalized spacial score (nSPS) is 21.6. The Morgan fingerprint density at radius 1 is 1.33 bits per heavy atom. The molecule has 6 heteroatoms. The number of hydrogen-bond acceptors (Lipinski definition) is 3. The standard InChI is InChI=1S/C15H20ClN3O2/c1-10-8-11(6-7-17-10)15(21)18-9-14(20)19-13-4-2-12(16)3-5-13/h2-5,10-11,17H,6-9H2,1H3,(H,18,21)(H,19,20)/t10-,11-/m0/s1. The second-order valence-electron chi connectivity index (χ2n) is 5.35. The van der Waals surface area contributed by atoms with Crippen molar-refractivity contribution in [1.29, 1.82) is 0 Å². The third-order valence-electron chi connectivity index (χ3n) is 3.55. The van der Waals surface area contributed by atoms with E-state index in [0.29, 0.717) is 16.8 Å². The molecule has 1 aliphatic heterocycles. The fourth-order valence-electron chi connectivity index (χ4n) is 2.42. The molecule has 114 valence electrons. The van der Waals surface area contributed by atoms with E-state index in [1.54, 1.807) is 24.3 Å². The van der Waals surface area contributed by atoms with E-state index in [-0.39, 0.29) is 24.3 Å². The van der Waals surface area contributed by atoms with E-state index in [0.717, 1.165) is 19.4 Å². The summed E-state index contributed by atoms with van der Waals surface area (Å²) in [4.78, 5) is 23.8. The molecular weight excluding hydrogens is 290 g/mol. The van der Waals surface area contributed by atoms with Gasteiger partial charge >= 0.3 is 0 Å². The third kappa shape index (κ3) is 5.02. The number of anilines is 1. The minimum Gasteiger partial charge on any atom is -0.347 e. The molecule has 0 spiro atoms. The van der Waals surface area contributed by atoms with Crippen LogP contribution in [0.15, 0.2) is 24.3 Å². The van der Waals surface area contributed by atoms with E-state index in [2.05, 4.69) is 22.9 Å². The lowest BCUT2D eigenvalue weighted by Crippen LogP contribution is -2.44. The summed E-state index contributed by atoms with van der Waals surface area (Å²) >= 11 is 5.77. The molecule has 5 nitrogen and oxygen atoms in total. The molecule has 1 aliphatic rings. The molecule has 0 aliphatic carbocycles. The molecule has 0 unspecified atom stereocenters. The van der Waals surface area contributed by atoms with Crippen molar-refractivity contribution in [3.8, 4) is 0 Å². The maximum Gasteiger partial charge on any atom is 0.243 e. The minimum atomic E-state index is -0.243. The first-order valence-electron chi connectivity index (χ1n) is 7.11. The highest BCUT2D eigenvalue weighted by Gasteiger charge is 2.24. The van der Waals surface area contributed by atoms with Crippen LogP contribution in [0.4, 0.5) is 5.69 Å². The van der Waals surface area contributed by atoms with Crippen LogP contribution in [0.2, 0.25) is 5.02 Å².